The summed E-state index contributed by atoms with van der Waals surface area (Å²) in [6.45, 7) is 4.85. The van der Waals surface area contributed by atoms with Gasteiger partial charge in [-0.05, 0) is 25.0 Å². The summed E-state index contributed by atoms with van der Waals surface area (Å²) >= 11 is 0. The molecule has 1 aliphatic heterocycles. The number of carbonyl (C=O) groups excluding carboxylic acids is 1. The summed E-state index contributed by atoms with van der Waals surface area (Å²) in [5.41, 5.74) is 1.54. The SMILES string of the molecule is CCC1(O)CN(C(=O)C=Cc2cccc(C)c2)C1. The Morgan fingerprint density at radius 2 is 2.22 bits per heavy atom. The maximum Gasteiger partial charge on any atom is 0.246 e. The van der Waals surface area contributed by atoms with Gasteiger partial charge in [0.15, 0.2) is 0 Å². The monoisotopic (exact) mass is 245 g/mol. The average Bonchev–Trinajstić information content (AvgIpc) is 2.32. The van der Waals surface area contributed by atoms with Crippen molar-refractivity contribution in [2.24, 2.45) is 0 Å². The van der Waals surface area contributed by atoms with Crippen LogP contribution >= 0.6 is 0 Å². The van der Waals surface area contributed by atoms with Crippen LogP contribution in [-0.4, -0.2) is 34.6 Å². The Kier molecular flexibility index (Phi) is 3.53. The molecule has 2 rings (SSSR count). The molecule has 1 aromatic rings. The van der Waals surface area contributed by atoms with Gasteiger partial charge in [-0.2, -0.15) is 0 Å². The summed E-state index contributed by atoms with van der Waals surface area (Å²) in [6, 6.07) is 7.99. The van der Waals surface area contributed by atoms with Crippen LogP contribution in [0.1, 0.15) is 24.5 Å². The van der Waals surface area contributed by atoms with Crippen molar-refractivity contribution in [2.45, 2.75) is 25.9 Å². The van der Waals surface area contributed by atoms with Gasteiger partial charge in [-0.15, -0.1) is 0 Å². The van der Waals surface area contributed by atoms with Gasteiger partial charge in [0.05, 0.1) is 18.7 Å². The molecule has 0 aromatic heterocycles. The lowest BCUT2D eigenvalue weighted by Gasteiger charge is -2.45. The van der Waals surface area contributed by atoms with E-state index in [4.69, 9.17) is 0 Å². The van der Waals surface area contributed by atoms with Crippen LogP contribution in [0.5, 0.6) is 0 Å². The molecule has 1 heterocycles. The molecular formula is C15H19NO2. The second kappa shape index (κ2) is 4.94. The van der Waals surface area contributed by atoms with Crippen LogP contribution < -0.4 is 0 Å². The number of nitrogens with zero attached hydrogens (tertiary/aromatic N) is 1. The van der Waals surface area contributed by atoms with Crippen LogP contribution in [0.2, 0.25) is 0 Å². The number of likely N-dealkylation sites (tertiary alicyclic amines) is 1. The number of amides is 1. The number of hydrogen-bond acceptors (Lipinski definition) is 2. The van der Waals surface area contributed by atoms with E-state index in [1.807, 2.05) is 44.2 Å². The van der Waals surface area contributed by atoms with Gasteiger partial charge in [-0.1, -0.05) is 36.8 Å². The molecule has 0 atom stereocenters. The molecule has 18 heavy (non-hydrogen) atoms. The highest BCUT2D eigenvalue weighted by Crippen LogP contribution is 2.24. The molecule has 0 aliphatic carbocycles. The van der Waals surface area contributed by atoms with Gasteiger partial charge in [0.25, 0.3) is 0 Å². The van der Waals surface area contributed by atoms with Crippen molar-refractivity contribution in [3.63, 3.8) is 0 Å². The molecule has 0 saturated carbocycles. The third-order valence-corrected chi connectivity index (χ3v) is 3.40. The zero-order chi connectivity index (χ0) is 13.2. The first-order valence-electron chi connectivity index (χ1n) is 6.28. The maximum atomic E-state index is 11.8. The third-order valence-electron chi connectivity index (χ3n) is 3.40. The summed E-state index contributed by atoms with van der Waals surface area (Å²) in [5, 5.41) is 9.84. The van der Waals surface area contributed by atoms with Crippen LogP contribution in [0, 0.1) is 6.92 Å². The third kappa shape index (κ3) is 2.79. The van der Waals surface area contributed by atoms with Crippen LogP contribution in [0.3, 0.4) is 0 Å². The minimum atomic E-state index is -0.660. The number of carbonyl (C=O) groups is 1. The van der Waals surface area contributed by atoms with E-state index in [9.17, 15) is 9.90 Å². The predicted molar refractivity (Wildman–Crippen MR) is 72.0 cm³/mol. The lowest BCUT2D eigenvalue weighted by atomic mass is 9.91. The molecule has 1 aliphatic rings. The normalized spacial score (nSPS) is 17.8. The molecule has 1 amide bonds. The zero-order valence-electron chi connectivity index (χ0n) is 10.9. The van der Waals surface area contributed by atoms with Crippen molar-refractivity contribution < 1.29 is 9.90 Å². The number of β-amino-alcohol motifs (C(OH)–C–C–N with tert-alkyl or cyclic N) is 1. The van der Waals surface area contributed by atoms with E-state index >= 15 is 0 Å². The van der Waals surface area contributed by atoms with E-state index in [1.165, 1.54) is 5.56 Å². The van der Waals surface area contributed by atoms with Gasteiger partial charge in [0.1, 0.15) is 0 Å². The second-order valence-corrected chi connectivity index (χ2v) is 5.02. The van der Waals surface area contributed by atoms with Crippen LogP contribution in [0.4, 0.5) is 0 Å². The predicted octanol–water partition coefficient (Wildman–Crippen LogP) is 1.99. The van der Waals surface area contributed by atoms with Crippen molar-refractivity contribution >= 4 is 12.0 Å². The standard InChI is InChI=1S/C15H19NO2/c1-3-15(18)10-16(11-15)14(17)8-7-13-6-4-5-12(2)9-13/h4-9,18H,3,10-11H2,1-2H3. The number of rotatable bonds is 3. The summed E-state index contributed by atoms with van der Waals surface area (Å²) in [5.74, 6) is -0.0327. The van der Waals surface area contributed by atoms with Crippen LogP contribution in [0.15, 0.2) is 30.3 Å². The average molecular weight is 245 g/mol. The molecule has 3 heteroatoms. The van der Waals surface area contributed by atoms with Gasteiger partial charge in [-0.25, -0.2) is 0 Å². The molecule has 0 radical (unpaired) electrons. The minimum Gasteiger partial charge on any atom is -0.386 e. The highest BCUT2D eigenvalue weighted by atomic mass is 16.3. The van der Waals surface area contributed by atoms with E-state index in [0.29, 0.717) is 19.5 Å². The van der Waals surface area contributed by atoms with Crippen LogP contribution in [-0.2, 0) is 4.79 Å². The van der Waals surface area contributed by atoms with E-state index in [-0.39, 0.29) is 5.91 Å². The summed E-state index contributed by atoms with van der Waals surface area (Å²) in [6.07, 6.45) is 4.08. The topological polar surface area (TPSA) is 40.5 Å². The molecule has 0 spiro atoms. The van der Waals surface area contributed by atoms with Gasteiger partial charge in [0.2, 0.25) is 5.91 Å². The zero-order valence-corrected chi connectivity index (χ0v) is 10.9. The summed E-state index contributed by atoms with van der Waals surface area (Å²) < 4.78 is 0. The number of hydrogen-bond donors (Lipinski definition) is 1. The number of aryl methyl sites for hydroxylation is 1. The Labute approximate surface area is 108 Å². The van der Waals surface area contributed by atoms with Crippen LogP contribution in [0.25, 0.3) is 6.08 Å². The quantitative estimate of drug-likeness (QED) is 0.827. The highest BCUT2D eigenvalue weighted by Gasteiger charge is 2.41. The maximum absolute atomic E-state index is 11.8. The number of benzene rings is 1. The lowest BCUT2D eigenvalue weighted by Crippen LogP contribution is -2.62. The Hall–Kier alpha value is -1.61. The van der Waals surface area contributed by atoms with Crippen molar-refractivity contribution in [1.82, 2.24) is 4.90 Å². The van der Waals surface area contributed by atoms with Gasteiger partial charge in [0, 0.05) is 6.08 Å². The first-order valence-corrected chi connectivity index (χ1v) is 6.28. The Morgan fingerprint density at radius 1 is 1.50 bits per heavy atom. The lowest BCUT2D eigenvalue weighted by molar-refractivity contribution is -0.150. The Balaban J connectivity index is 1.93. The molecule has 3 nitrogen and oxygen atoms in total. The van der Waals surface area contributed by atoms with Crippen molar-refractivity contribution in [2.75, 3.05) is 13.1 Å². The van der Waals surface area contributed by atoms with E-state index in [2.05, 4.69) is 0 Å². The first kappa shape index (κ1) is 12.8. The fraction of sp³-hybridized carbons (Fsp3) is 0.400. The molecule has 1 aromatic carbocycles. The molecule has 0 unspecified atom stereocenters. The molecule has 0 bridgehead atoms. The Morgan fingerprint density at radius 3 is 2.83 bits per heavy atom. The van der Waals surface area contributed by atoms with Gasteiger partial charge >= 0.3 is 0 Å². The summed E-state index contributed by atoms with van der Waals surface area (Å²) in [7, 11) is 0. The fourth-order valence-electron chi connectivity index (χ4n) is 2.09. The smallest absolute Gasteiger partial charge is 0.246 e. The van der Waals surface area contributed by atoms with Gasteiger partial charge < -0.3 is 10.0 Å². The van der Waals surface area contributed by atoms with E-state index in [1.54, 1.807) is 11.0 Å². The van der Waals surface area contributed by atoms with Crippen molar-refractivity contribution in [3.05, 3.63) is 41.5 Å². The van der Waals surface area contributed by atoms with Crippen molar-refractivity contribution in [1.29, 1.82) is 0 Å². The molecular weight excluding hydrogens is 226 g/mol. The molecule has 1 fully saturated rings. The fourth-order valence-corrected chi connectivity index (χ4v) is 2.09. The molecule has 1 saturated heterocycles. The molecule has 96 valence electrons. The van der Waals surface area contributed by atoms with Gasteiger partial charge in [-0.3, -0.25) is 4.79 Å². The minimum absolute atomic E-state index is 0.0327. The second-order valence-electron chi connectivity index (χ2n) is 5.02. The van der Waals surface area contributed by atoms with E-state index in [0.717, 1.165) is 5.56 Å². The first-order chi connectivity index (χ1) is 8.52. The number of aliphatic hydroxyl groups is 1. The largest absolute Gasteiger partial charge is 0.386 e. The summed E-state index contributed by atoms with van der Waals surface area (Å²) in [4.78, 5) is 13.5. The van der Waals surface area contributed by atoms with E-state index < -0.39 is 5.60 Å². The molecule has 1 N–H and O–H groups in total. The highest BCUT2D eigenvalue weighted by molar-refractivity contribution is 5.92. The van der Waals surface area contributed by atoms with Crippen molar-refractivity contribution in [3.8, 4) is 0 Å². The Bertz CT molecular complexity index is 473.